The molecule has 0 saturated carbocycles. The molecule has 1 saturated heterocycles. The summed E-state index contributed by atoms with van der Waals surface area (Å²) >= 11 is 7.82. The maximum Gasteiger partial charge on any atom is 0.352 e. The van der Waals surface area contributed by atoms with Crippen molar-refractivity contribution < 1.29 is 28.5 Å². The molecule has 1 fully saturated rings. The molecule has 0 bridgehead atoms. The summed E-state index contributed by atoms with van der Waals surface area (Å²) in [5.41, 5.74) is 0.0848. The van der Waals surface area contributed by atoms with E-state index in [2.05, 4.69) is 5.32 Å². The normalized spacial score (nSPS) is 14.1. The van der Waals surface area contributed by atoms with Crippen molar-refractivity contribution >= 4 is 47.3 Å². The molecule has 0 spiro atoms. The third kappa shape index (κ3) is 7.77. The second-order valence-corrected chi connectivity index (χ2v) is 9.99. The van der Waals surface area contributed by atoms with Crippen molar-refractivity contribution in [2.45, 2.75) is 52.2 Å². The minimum atomic E-state index is -0.700. The number of piperidine rings is 1. The Morgan fingerprint density at radius 2 is 1.91 bits per heavy atom. The van der Waals surface area contributed by atoms with E-state index in [0.717, 1.165) is 48.6 Å². The second kappa shape index (κ2) is 12.6. The van der Waals surface area contributed by atoms with E-state index in [1.165, 1.54) is 0 Å². The number of hydrogen-bond donors (Lipinski definition) is 1. The molecule has 1 N–H and O–H groups in total. The SMILES string of the molecule is CCOC(=O)COc1c(C(=O)OC(C)(C)C)sc(-c2cccc(OC3CCNCC3)c2)c1Cl.Cl. The molecular weight excluding hydrogens is 501 g/mol. The Bertz CT molecular complexity index is 982. The van der Waals surface area contributed by atoms with Crippen LogP contribution in [0.1, 0.15) is 50.2 Å². The molecule has 0 aliphatic carbocycles. The van der Waals surface area contributed by atoms with Crippen molar-refractivity contribution in [3.8, 4) is 21.9 Å². The smallest absolute Gasteiger partial charge is 0.352 e. The Hall–Kier alpha value is -2.00. The first-order chi connectivity index (χ1) is 15.7. The number of carbonyl (C=O) groups excluding carboxylic acids is 2. The van der Waals surface area contributed by atoms with Crippen LogP contribution in [0.3, 0.4) is 0 Å². The molecule has 2 aromatic rings. The van der Waals surface area contributed by atoms with E-state index in [0.29, 0.717) is 4.88 Å². The van der Waals surface area contributed by atoms with Gasteiger partial charge in [0, 0.05) is 0 Å². The number of thiophene rings is 1. The second-order valence-electron chi connectivity index (χ2n) is 8.59. The van der Waals surface area contributed by atoms with Gasteiger partial charge in [0.2, 0.25) is 0 Å². The van der Waals surface area contributed by atoms with Crippen LogP contribution >= 0.6 is 35.3 Å². The van der Waals surface area contributed by atoms with Crippen LogP contribution in [0.25, 0.3) is 10.4 Å². The van der Waals surface area contributed by atoms with Crippen LogP contribution in [0.5, 0.6) is 11.5 Å². The average Bonchev–Trinajstić information content (AvgIpc) is 3.09. The van der Waals surface area contributed by atoms with E-state index in [-0.39, 0.29) is 47.4 Å². The lowest BCUT2D eigenvalue weighted by atomic mass is 10.1. The fraction of sp³-hybridized carbons (Fsp3) is 0.500. The first kappa shape index (κ1) is 28.2. The Morgan fingerprint density at radius 3 is 2.56 bits per heavy atom. The summed E-state index contributed by atoms with van der Waals surface area (Å²) < 4.78 is 22.2. The third-order valence-electron chi connectivity index (χ3n) is 4.72. The van der Waals surface area contributed by atoms with Crippen LogP contribution in [-0.2, 0) is 14.3 Å². The minimum absolute atomic E-state index is 0. The van der Waals surface area contributed by atoms with Gasteiger partial charge < -0.3 is 24.3 Å². The molecule has 1 aromatic heterocycles. The molecule has 3 rings (SSSR count). The van der Waals surface area contributed by atoms with Crippen LogP contribution in [-0.4, -0.2) is 49.9 Å². The number of hydrogen-bond acceptors (Lipinski definition) is 8. The molecule has 7 nitrogen and oxygen atoms in total. The summed E-state index contributed by atoms with van der Waals surface area (Å²) in [7, 11) is 0. The molecular formula is C24H31Cl2NO6S. The first-order valence-electron chi connectivity index (χ1n) is 11.0. The van der Waals surface area contributed by atoms with Crippen molar-refractivity contribution in [2.24, 2.45) is 0 Å². The molecule has 0 unspecified atom stereocenters. The zero-order valence-electron chi connectivity index (χ0n) is 19.8. The van der Waals surface area contributed by atoms with Crippen LogP contribution < -0.4 is 14.8 Å². The van der Waals surface area contributed by atoms with Crippen molar-refractivity contribution in [3.05, 3.63) is 34.2 Å². The van der Waals surface area contributed by atoms with Crippen molar-refractivity contribution in [1.29, 1.82) is 0 Å². The van der Waals surface area contributed by atoms with Gasteiger partial charge in [0.15, 0.2) is 17.2 Å². The minimum Gasteiger partial charge on any atom is -0.490 e. The standard InChI is InChI=1S/C24H30ClNO6S.ClH/c1-5-29-18(27)14-30-20-19(25)21(33-22(20)23(28)32-24(2,3)4)15-7-6-8-17(13-15)31-16-9-11-26-12-10-16;/h6-8,13,16,26H,5,9-12,14H2,1-4H3;1H. The largest absolute Gasteiger partial charge is 0.490 e. The number of rotatable bonds is 8. The maximum absolute atomic E-state index is 12.9. The van der Waals surface area contributed by atoms with E-state index in [9.17, 15) is 9.59 Å². The van der Waals surface area contributed by atoms with Gasteiger partial charge in [-0.05, 0) is 71.3 Å². The number of halogens is 2. The molecule has 1 aliphatic rings. The molecule has 188 valence electrons. The number of benzene rings is 1. The van der Waals surface area contributed by atoms with Crippen LogP contribution in [0.15, 0.2) is 24.3 Å². The summed E-state index contributed by atoms with van der Waals surface area (Å²) in [4.78, 5) is 25.5. The number of nitrogens with one attached hydrogen (secondary N) is 1. The Balaban J connectivity index is 0.00000408. The van der Waals surface area contributed by atoms with Gasteiger partial charge in [-0.3, -0.25) is 0 Å². The number of ether oxygens (including phenoxy) is 4. The summed E-state index contributed by atoms with van der Waals surface area (Å²) in [6.45, 7) is 8.78. The lowest BCUT2D eigenvalue weighted by molar-refractivity contribution is -0.145. The zero-order chi connectivity index (χ0) is 24.0. The predicted molar refractivity (Wildman–Crippen MR) is 136 cm³/mol. The van der Waals surface area contributed by atoms with Gasteiger partial charge in [0.1, 0.15) is 22.5 Å². The highest BCUT2D eigenvalue weighted by Gasteiger charge is 2.29. The maximum atomic E-state index is 12.9. The molecule has 1 aliphatic heterocycles. The molecule has 34 heavy (non-hydrogen) atoms. The molecule has 10 heteroatoms. The van der Waals surface area contributed by atoms with Gasteiger partial charge in [0.25, 0.3) is 0 Å². The van der Waals surface area contributed by atoms with Crippen LogP contribution in [0.4, 0.5) is 0 Å². The molecule has 1 aromatic carbocycles. The van der Waals surface area contributed by atoms with Gasteiger partial charge in [-0.15, -0.1) is 23.7 Å². The van der Waals surface area contributed by atoms with E-state index in [1.54, 1.807) is 27.7 Å². The highest BCUT2D eigenvalue weighted by Crippen LogP contribution is 2.46. The van der Waals surface area contributed by atoms with Gasteiger partial charge in [-0.2, -0.15) is 0 Å². The number of esters is 2. The van der Waals surface area contributed by atoms with Crippen molar-refractivity contribution in [3.63, 3.8) is 0 Å². The van der Waals surface area contributed by atoms with E-state index < -0.39 is 17.5 Å². The lowest BCUT2D eigenvalue weighted by Gasteiger charge is -2.24. The van der Waals surface area contributed by atoms with Gasteiger partial charge in [0.05, 0.1) is 11.5 Å². The van der Waals surface area contributed by atoms with E-state index in [1.807, 2.05) is 24.3 Å². The predicted octanol–water partition coefficient (Wildman–Crippen LogP) is 5.52. The quantitative estimate of drug-likeness (QED) is 0.449. The molecule has 2 heterocycles. The first-order valence-corrected chi connectivity index (χ1v) is 12.2. The summed E-state index contributed by atoms with van der Waals surface area (Å²) in [6.07, 6.45) is 2.04. The Morgan fingerprint density at radius 1 is 1.21 bits per heavy atom. The van der Waals surface area contributed by atoms with Crippen molar-refractivity contribution in [1.82, 2.24) is 5.32 Å². The number of carbonyl (C=O) groups is 2. The summed E-state index contributed by atoms with van der Waals surface area (Å²) in [6, 6.07) is 7.57. The molecule has 0 radical (unpaired) electrons. The van der Waals surface area contributed by atoms with Crippen molar-refractivity contribution in [2.75, 3.05) is 26.3 Å². The topological polar surface area (TPSA) is 83.1 Å². The zero-order valence-corrected chi connectivity index (χ0v) is 22.2. The highest BCUT2D eigenvalue weighted by atomic mass is 35.5. The fourth-order valence-corrected chi connectivity index (χ4v) is 4.76. The van der Waals surface area contributed by atoms with Gasteiger partial charge >= 0.3 is 11.9 Å². The third-order valence-corrected chi connectivity index (χ3v) is 6.39. The van der Waals surface area contributed by atoms with E-state index >= 15 is 0 Å². The Kier molecular flexibility index (Phi) is 10.5. The highest BCUT2D eigenvalue weighted by molar-refractivity contribution is 7.18. The molecule has 0 amide bonds. The van der Waals surface area contributed by atoms with E-state index in [4.69, 9.17) is 30.5 Å². The average molecular weight is 532 g/mol. The molecule has 0 atom stereocenters. The summed E-state index contributed by atoms with van der Waals surface area (Å²) in [5, 5.41) is 3.56. The van der Waals surface area contributed by atoms with Crippen LogP contribution in [0.2, 0.25) is 5.02 Å². The summed E-state index contributed by atoms with van der Waals surface area (Å²) in [5.74, 6) is -0.268. The van der Waals surface area contributed by atoms with Gasteiger partial charge in [-0.1, -0.05) is 23.7 Å². The lowest BCUT2D eigenvalue weighted by Crippen LogP contribution is -2.34. The Labute approximate surface area is 215 Å². The van der Waals surface area contributed by atoms with Crippen LogP contribution in [0, 0.1) is 0 Å². The monoisotopic (exact) mass is 531 g/mol. The van der Waals surface area contributed by atoms with Gasteiger partial charge in [-0.25, -0.2) is 9.59 Å². The fourth-order valence-electron chi connectivity index (χ4n) is 3.32.